The third-order valence-electron chi connectivity index (χ3n) is 2.67. The van der Waals surface area contributed by atoms with E-state index in [1.165, 1.54) is 12.5 Å². The third kappa shape index (κ3) is 4.50. The van der Waals surface area contributed by atoms with Gasteiger partial charge in [-0.3, -0.25) is 4.79 Å². The number of carbonyl (C=O) groups is 1. The van der Waals surface area contributed by atoms with Crippen molar-refractivity contribution in [1.29, 1.82) is 0 Å². The minimum absolute atomic E-state index is 0.110. The zero-order valence-corrected chi connectivity index (χ0v) is 12.0. The molecule has 3 heteroatoms. The van der Waals surface area contributed by atoms with Crippen LogP contribution in [0, 0.1) is 0 Å². The minimum Gasteiger partial charge on any atom is -0.458 e. The molecule has 0 aliphatic rings. The average molecular weight is 299 g/mol. The van der Waals surface area contributed by atoms with Crippen molar-refractivity contribution in [1.82, 2.24) is 0 Å². The fourth-order valence-corrected chi connectivity index (χ4v) is 2.35. The van der Waals surface area contributed by atoms with Gasteiger partial charge in [0, 0.05) is 12.3 Å². The van der Waals surface area contributed by atoms with Crippen molar-refractivity contribution in [2.24, 2.45) is 0 Å². The first kappa shape index (κ1) is 14.2. The van der Waals surface area contributed by atoms with Crippen LogP contribution in [0.3, 0.4) is 0 Å². The molecule has 0 aromatic heterocycles. The van der Waals surface area contributed by atoms with Crippen LogP contribution >= 0.6 is 15.9 Å². The zero-order valence-electron chi connectivity index (χ0n) is 10.4. The maximum absolute atomic E-state index is 11.2. The lowest BCUT2D eigenvalue weighted by Crippen LogP contribution is -2.10. The number of unbranched alkanes of at least 4 members (excludes halogenated alkanes) is 1. The molecule has 0 spiro atoms. The molecule has 0 fully saturated rings. The van der Waals surface area contributed by atoms with Crippen molar-refractivity contribution in [2.75, 3.05) is 0 Å². The fraction of sp³-hybridized carbons (Fsp3) is 0.500. The summed E-state index contributed by atoms with van der Waals surface area (Å²) in [6.45, 7) is 3.61. The van der Waals surface area contributed by atoms with E-state index in [-0.39, 0.29) is 12.1 Å². The van der Waals surface area contributed by atoms with Gasteiger partial charge in [-0.05, 0) is 24.0 Å². The Bertz CT molecular complexity index is 363. The fourth-order valence-electron chi connectivity index (χ4n) is 1.84. The third-order valence-corrected chi connectivity index (χ3v) is 3.28. The number of alkyl halides is 1. The van der Waals surface area contributed by atoms with Gasteiger partial charge in [0.15, 0.2) is 0 Å². The Morgan fingerprint density at radius 2 is 2.12 bits per heavy atom. The smallest absolute Gasteiger partial charge is 0.303 e. The van der Waals surface area contributed by atoms with Gasteiger partial charge in [0.25, 0.3) is 0 Å². The first-order chi connectivity index (χ1) is 8.19. The molecule has 1 aromatic rings. The summed E-state index contributed by atoms with van der Waals surface area (Å²) in [6.07, 6.45) is 2.95. The van der Waals surface area contributed by atoms with Crippen LogP contribution < -0.4 is 0 Å². The number of hydrogen-bond donors (Lipinski definition) is 0. The van der Waals surface area contributed by atoms with E-state index in [0.29, 0.717) is 0 Å². The maximum Gasteiger partial charge on any atom is 0.303 e. The first-order valence-corrected chi connectivity index (χ1v) is 7.12. The Labute approximate surface area is 111 Å². The molecule has 0 radical (unpaired) electrons. The molecular formula is C14H19BrO2. The Kier molecular flexibility index (Phi) is 6.27. The summed E-state index contributed by atoms with van der Waals surface area (Å²) in [7, 11) is 0. The Hall–Kier alpha value is -0.830. The standard InChI is InChI=1S/C14H19BrO2/c1-3-4-9-14(17-11(2)16)13-8-6-5-7-12(13)10-15/h5-8,14H,3-4,9-10H2,1-2H3. The van der Waals surface area contributed by atoms with Crippen molar-refractivity contribution in [3.63, 3.8) is 0 Å². The van der Waals surface area contributed by atoms with Crippen LogP contribution in [0.4, 0.5) is 0 Å². The first-order valence-electron chi connectivity index (χ1n) is 6.00. The van der Waals surface area contributed by atoms with Gasteiger partial charge in [-0.1, -0.05) is 53.5 Å². The molecule has 0 bridgehead atoms. The molecule has 0 saturated heterocycles. The predicted molar refractivity (Wildman–Crippen MR) is 73.1 cm³/mol. The van der Waals surface area contributed by atoms with Gasteiger partial charge in [0.2, 0.25) is 0 Å². The quantitative estimate of drug-likeness (QED) is 0.575. The lowest BCUT2D eigenvalue weighted by atomic mass is 9.99. The number of carbonyl (C=O) groups excluding carboxylic acids is 1. The Morgan fingerprint density at radius 1 is 1.41 bits per heavy atom. The lowest BCUT2D eigenvalue weighted by Gasteiger charge is -2.19. The van der Waals surface area contributed by atoms with Crippen LogP contribution in [0.15, 0.2) is 24.3 Å². The summed E-state index contributed by atoms with van der Waals surface area (Å²) in [5, 5.41) is 0.785. The van der Waals surface area contributed by atoms with Crippen LogP contribution in [0.5, 0.6) is 0 Å². The molecule has 0 amide bonds. The van der Waals surface area contributed by atoms with E-state index in [2.05, 4.69) is 28.9 Å². The van der Waals surface area contributed by atoms with Gasteiger partial charge in [-0.25, -0.2) is 0 Å². The van der Waals surface area contributed by atoms with E-state index in [9.17, 15) is 4.79 Å². The molecule has 0 heterocycles. The van der Waals surface area contributed by atoms with Gasteiger partial charge < -0.3 is 4.74 Å². The van der Waals surface area contributed by atoms with E-state index in [0.717, 1.165) is 30.2 Å². The van der Waals surface area contributed by atoms with Gasteiger partial charge in [0.1, 0.15) is 6.10 Å². The largest absolute Gasteiger partial charge is 0.458 e. The summed E-state index contributed by atoms with van der Waals surface area (Å²) in [5.41, 5.74) is 2.31. The number of rotatable bonds is 6. The monoisotopic (exact) mass is 298 g/mol. The summed E-state index contributed by atoms with van der Waals surface area (Å²) in [4.78, 5) is 11.2. The molecule has 1 aromatic carbocycles. The highest BCUT2D eigenvalue weighted by Gasteiger charge is 2.16. The number of benzene rings is 1. The van der Waals surface area contributed by atoms with Crippen LogP contribution in [-0.2, 0) is 14.9 Å². The molecule has 1 rings (SSSR count). The SMILES string of the molecule is CCCCC(OC(C)=O)c1ccccc1CBr. The highest BCUT2D eigenvalue weighted by Crippen LogP contribution is 2.28. The average Bonchev–Trinajstić information content (AvgIpc) is 2.34. The van der Waals surface area contributed by atoms with Crippen LogP contribution in [0.1, 0.15) is 50.3 Å². The molecule has 94 valence electrons. The molecule has 17 heavy (non-hydrogen) atoms. The molecule has 2 nitrogen and oxygen atoms in total. The second-order valence-electron chi connectivity index (χ2n) is 4.07. The second kappa shape index (κ2) is 7.49. The van der Waals surface area contributed by atoms with Gasteiger partial charge in [0.05, 0.1) is 0 Å². The molecular weight excluding hydrogens is 280 g/mol. The summed E-state index contributed by atoms with van der Waals surface area (Å²) in [6, 6.07) is 8.10. The predicted octanol–water partition coefficient (Wildman–Crippen LogP) is 4.38. The molecule has 1 unspecified atom stereocenters. The summed E-state index contributed by atoms with van der Waals surface area (Å²) in [5.74, 6) is -0.213. The highest BCUT2D eigenvalue weighted by atomic mass is 79.9. The van der Waals surface area contributed by atoms with Crippen LogP contribution in [-0.4, -0.2) is 5.97 Å². The normalized spacial score (nSPS) is 12.2. The number of ether oxygens (including phenoxy) is 1. The van der Waals surface area contributed by atoms with Crippen LogP contribution in [0.25, 0.3) is 0 Å². The Morgan fingerprint density at radius 3 is 2.71 bits per heavy atom. The molecule has 0 N–H and O–H groups in total. The van der Waals surface area contributed by atoms with Crippen molar-refractivity contribution >= 4 is 21.9 Å². The summed E-state index contributed by atoms with van der Waals surface area (Å²) >= 11 is 3.47. The molecule has 0 aliphatic carbocycles. The van der Waals surface area contributed by atoms with Crippen molar-refractivity contribution < 1.29 is 9.53 Å². The number of hydrogen-bond acceptors (Lipinski definition) is 2. The van der Waals surface area contributed by atoms with Gasteiger partial charge in [-0.2, -0.15) is 0 Å². The topological polar surface area (TPSA) is 26.3 Å². The minimum atomic E-state index is -0.213. The van der Waals surface area contributed by atoms with Crippen molar-refractivity contribution in [3.05, 3.63) is 35.4 Å². The van der Waals surface area contributed by atoms with E-state index in [1.54, 1.807) is 0 Å². The lowest BCUT2D eigenvalue weighted by molar-refractivity contribution is -0.147. The van der Waals surface area contributed by atoms with E-state index >= 15 is 0 Å². The van der Waals surface area contributed by atoms with E-state index in [1.807, 2.05) is 18.2 Å². The summed E-state index contributed by atoms with van der Waals surface area (Å²) < 4.78 is 5.42. The van der Waals surface area contributed by atoms with Crippen molar-refractivity contribution in [3.8, 4) is 0 Å². The molecule has 0 saturated carbocycles. The van der Waals surface area contributed by atoms with Crippen LogP contribution in [0.2, 0.25) is 0 Å². The maximum atomic E-state index is 11.2. The number of halogens is 1. The Balaban J connectivity index is 2.90. The van der Waals surface area contributed by atoms with E-state index in [4.69, 9.17) is 4.74 Å². The second-order valence-corrected chi connectivity index (χ2v) is 4.63. The highest BCUT2D eigenvalue weighted by molar-refractivity contribution is 9.08. The molecule has 0 aliphatic heterocycles. The van der Waals surface area contributed by atoms with Gasteiger partial charge >= 0.3 is 5.97 Å². The van der Waals surface area contributed by atoms with Crippen molar-refractivity contribution in [2.45, 2.75) is 44.5 Å². The molecule has 1 atom stereocenters. The van der Waals surface area contributed by atoms with Gasteiger partial charge in [-0.15, -0.1) is 0 Å². The number of esters is 1. The zero-order chi connectivity index (χ0) is 12.7. The van der Waals surface area contributed by atoms with E-state index < -0.39 is 0 Å².